The van der Waals surface area contributed by atoms with E-state index in [4.69, 9.17) is 4.74 Å². The molecule has 0 bridgehead atoms. The number of benzene rings is 2. The largest absolute Gasteiger partial charge is 0.457 e. The van der Waals surface area contributed by atoms with E-state index in [1.165, 1.54) is 12.1 Å². The summed E-state index contributed by atoms with van der Waals surface area (Å²) in [5.74, 6) is -2.71. The van der Waals surface area contributed by atoms with E-state index >= 15 is 0 Å². The zero-order valence-electron chi connectivity index (χ0n) is 20.3. The van der Waals surface area contributed by atoms with Crippen LogP contribution in [0.25, 0.3) is 6.08 Å². The number of carbonyl (C=O) groups excluding carboxylic acids is 1. The summed E-state index contributed by atoms with van der Waals surface area (Å²) in [5.41, 5.74) is 3.96. The molecule has 1 amide bonds. The molecule has 1 aliphatic heterocycles. The number of alkyl halides is 2. The first-order chi connectivity index (χ1) is 16.4. The molecule has 1 heterocycles. The number of carbonyl (C=O) groups is 1. The van der Waals surface area contributed by atoms with Gasteiger partial charge < -0.3 is 9.64 Å². The van der Waals surface area contributed by atoms with Crippen LogP contribution in [-0.4, -0.2) is 37.8 Å². The standard InChI is InChI=1S/C27H31F2NO4S/c1-18(2)16-23-24-17-30(26(31)13-15-35(3,32)33)14-12-19(24)4-11-25(23)34-22-9-7-21(8-10-22)27(28,29)20-5-6-20/h4,7-11,16,20H,5-6,12-15,17H2,1-3H3. The van der Waals surface area contributed by atoms with Crippen LogP contribution in [0.5, 0.6) is 11.5 Å². The third-order valence-corrected chi connectivity index (χ3v) is 7.39. The predicted molar refractivity (Wildman–Crippen MR) is 132 cm³/mol. The van der Waals surface area contributed by atoms with Crippen molar-refractivity contribution in [1.29, 1.82) is 0 Å². The van der Waals surface area contributed by atoms with Gasteiger partial charge in [0.1, 0.15) is 21.3 Å². The van der Waals surface area contributed by atoms with E-state index in [1.54, 1.807) is 17.0 Å². The number of ether oxygens (including phenoxy) is 1. The molecule has 0 spiro atoms. The van der Waals surface area contributed by atoms with E-state index in [2.05, 4.69) is 0 Å². The molecule has 0 atom stereocenters. The van der Waals surface area contributed by atoms with Gasteiger partial charge in [-0.25, -0.2) is 17.2 Å². The summed E-state index contributed by atoms with van der Waals surface area (Å²) >= 11 is 0. The second-order valence-corrected chi connectivity index (χ2v) is 12.1. The second kappa shape index (κ2) is 9.72. The zero-order valence-corrected chi connectivity index (χ0v) is 21.1. The zero-order chi connectivity index (χ0) is 25.4. The van der Waals surface area contributed by atoms with Crippen LogP contribution in [0.4, 0.5) is 8.78 Å². The average molecular weight is 504 g/mol. The fraction of sp³-hybridized carbons (Fsp3) is 0.444. The molecule has 0 saturated heterocycles. The molecular weight excluding hydrogens is 472 g/mol. The van der Waals surface area contributed by atoms with Crippen molar-refractivity contribution in [2.75, 3.05) is 18.6 Å². The molecule has 0 radical (unpaired) electrons. The summed E-state index contributed by atoms with van der Waals surface area (Å²) in [5, 5.41) is 0. The van der Waals surface area contributed by atoms with Gasteiger partial charge in [-0.2, -0.15) is 0 Å². The lowest BCUT2D eigenvalue weighted by Crippen LogP contribution is -2.37. The molecule has 1 fully saturated rings. The molecule has 0 N–H and O–H groups in total. The van der Waals surface area contributed by atoms with Crippen LogP contribution in [-0.2, 0) is 33.5 Å². The van der Waals surface area contributed by atoms with Gasteiger partial charge in [0.15, 0.2) is 0 Å². The number of nitrogens with zero attached hydrogens (tertiary/aromatic N) is 1. The minimum absolute atomic E-state index is 0.00515. The molecule has 0 unspecified atom stereocenters. The van der Waals surface area contributed by atoms with Crippen LogP contribution in [0.1, 0.15) is 55.4 Å². The van der Waals surface area contributed by atoms with Crippen molar-refractivity contribution in [2.24, 2.45) is 5.92 Å². The Morgan fingerprint density at radius 3 is 2.43 bits per heavy atom. The Labute approximate surface area is 205 Å². The number of hydrogen-bond donors (Lipinski definition) is 0. The quantitative estimate of drug-likeness (QED) is 0.462. The maximum atomic E-state index is 14.4. The van der Waals surface area contributed by atoms with Crippen molar-refractivity contribution in [2.45, 2.75) is 52.0 Å². The molecule has 1 aliphatic carbocycles. The van der Waals surface area contributed by atoms with E-state index < -0.39 is 21.7 Å². The topological polar surface area (TPSA) is 63.7 Å². The molecule has 0 aromatic heterocycles. The molecule has 1 saturated carbocycles. The van der Waals surface area contributed by atoms with Crippen molar-refractivity contribution in [3.8, 4) is 11.5 Å². The fourth-order valence-corrected chi connectivity index (χ4v) is 4.91. The highest BCUT2D eigenvalue weighted by Gasteiger charge is 2.47. The molecule has 188 valence electrons. The van der Waals surface area contributed by atoms with Crippen molar-refractivity contribution < 1.29 is 26.7 Å². The number of rotatable bonds is 8. The summed E-state index contributed by atoms with van der Waals surface area (Å²) in [6, 6.07) is 9.84. The van der Waals surface area contributed by atoms with E-state index in [1.807, 2.05) is 32.1 Å². The van der Waals surface area contributed by atoms with Gasteiger partial charge in [-0.15, -0.1) is 0 Å². The number of allylic oxidation sites excluding steroid dienone is 1. The van der Waals surface area contributed by atoms with E-state index in [-0.39, 0.29) is 23.6 Å². The van der Waals surface area contributed by atoms with Crippen LogP contribution in [0.15, 0.2) is 42.0 Å². The van der Waals surface area contributed by atoms with Gasteiger partial charge in [-0.3, -0.25) is 4.79 Å². The molecule has 5 nitrogen and oxygen atoms in total. The highest BCUT2D eigenvalue weighted by molar-refractivity contribution is 7.90. The molecule has 4 rings (SSSR count). The van der Waals surface area contributed by atoms with Crippen LogP contribution < -0.4 is 4.74 Å². The van der Waals surface area contributed by atoms with Gasteiger partial charge in [-0.05, 0) is 74.6 Å². The fourth-order valence-electron chi connectivity index (χ4n) is 4.37. The predicted octanol–water partition coefficient (Wildman–Crippen LogP) is 5.72. The Morgan fingerprint density at radius 2 is 1.83 bits per heavy atom. The van der Waals surface area contributed by atoms with E-state index in [0.717, 1.165) is 28.5 Å². The Kier molecular flexibility index (Phi) is 7.04. The van der Waals surface area contributed by atoms with Gasteiger partial charge in [-0.1, -0.05) is 17.7 Å². The number of fused-ring (bicyclic) bond motifs is 1. The Hall–Kier alpha value is -2.74. The van der Waals surface area contributed by atoms with E-state index in [0.29, 0.717) is 43.9 Å². The summed E-state index contributed by atoms with van der Waals surface area (Å²) < 4.78 is 57.9. The van der Waals surface area contributed by atoms with Gasteiger partial charge in [0.05, 0.1) is 5.75 Å². The molecule has 2 aromatic rings. The second-order valence-electron chi connectivity index (χ2n) is 9.81. The van der Waals surface area contributed by atoms with Crippen LogP contribution in [0.3, 0.4) is 0 Å². The van der Waals surface area contributed by atoms with Crippen molar-refractivity contribution >= 4 is 21.8 Å². The number of hydrogen-bond acceptors (Lipinski definition) is 4. The number of halogens is 2. The van der Waals surface area contributed by atoms with Crippen molar-refractivity contribution in [3.63, 3.8) is 0 Å². The van der Waals surface area contributed by atoms with Crippen molar-refractivity contribution in [3.05, 3.63) is 64.2 Å². The average Bonchev–Trinajstić information content (AvgIpc) is 3.64. The Bertz CT molecular complexity index is 1240. The maximum Gasteiger partial charge on any atom is 0.276 e. The Balaban J connectivity index is 1.59. The summed E-state index contributed by atoms with van der Waals surface area (Å²) in [7, 11) is -3.22. The molecule has 8 heteroatoms. The van der Waals surface area contributed by atoms with Crippen LogP contribution in [0, 0.1) is 5.92 Å². The van der Waals surface area contributed by atoms with Gasteiger partial charge in [0, 0.05) is 42.8 Å². The SMILES string of the molecule is CC(C)=Cc1c(Oc2ccc(C(F)(F)C3CC3)cc2)ccc2c1CN(C(=O)CCS(C)(=O)=O)CC2. The number of sulfone groups is 1. The van der Waals surface area contributed by atoms with Gasteiger partial charge in [0.25, 0.3) is 5.92 Å². The first-order valence-electron chi connectivity index (χ1n) is 11.9. The molecule has 2 aliphatic rings. The smallest absolute Gasteiger partial charge is 0.276 e. The lowest BCUT2D eigenvalue weighted by Gasteiger charge is -2.31. The summed E-state index contributed by atoms with van der Waals surface area (Å²) in [6.45, 7) is 4.83. The lowest BCUT2D eigenvalue weighted by molar-refractivity contribution is -0.131. The maximum absolute atomic E-state index is 14.4. The highest BCUT2D eigenvalue weighted by atomic mass is 32.2. The van der Waals surface area contributed by atoms with Crippen LogP contribution in [0.2, 0.25) is 0 Å². The first kappa shape index (κ1) is 25.4. The first-order valence-corrected chi connectivity index (χ1v) is 13.9. The summed E-state index contributed by atoms with van der Waals surface area (Å²) in [6.07, 6.45) is 4.85. The molecule has 35 heavy (non-hydrogen) atoms. The lowest BCUT2D eigenvalue weighted by atomic mass is 9.93. The highest BCUT2D eigenvalue weighted by Crippen LogP contribution is 2.49. The van der Waals surface area contributed by atoms with Gasteiger partial charge in [0.2, 0.25) is 5.91 Å². The van der Waals surface area contributed by atoms with Crippen molar-refractivity contribution in [1.82, 2.24) is 4.90 Å². The monoisotopic (exact) mass is 503 g/mol. The van der Waals surface area contributed by atoms with Crippen LogP contribution >= 0.6 is 0 Å². The normalized spacial score (nSPS) is 16.0. The molecule has 2 aromatic carbocycles. The third-order valence-electron chi connectivity index (χ3n) is 6.44. The summed E-state index contributed by atoms with van der Waals surface area (Å²) in [4.78, 5) is 14.4. The Morgan fingerprint density at radius 1 is 1.14 bits per heavy atom. The molecular formula is C27H31F2NO4S. The van der Waals surface area contributed by atoms with Gasteiger partial charge >= 0.3 is 0 Å². The van der Waals surface area contributed by atoms with E-state index in [9.17, 15) is 22.0 Å². The minimum atomic E-state index is -3.22. The number of amides is 1. The third kappa shape index (κ3) is 6.10. The minimum Gasteiger partial charge on any atom is -0.457 e.